The molecule has 0 spiro atoms. The summed E-state index contributed by atoms with van der Waals surface area (Å²) in [5.74, 6) is 0.259. The van der Waals surface area contributed by atoms with E-state index in [1.807, 2.05) is 18.2 Å². The lowest BCUT2D eigenvalue weighted by atomic mass is 10.2. The summed E-state index contributed by atoms with van der Waals surface area (Å²) in [5, 5.41) is 3.89. The molecule has 1 unspecified atom stereocenters. The second kappa shape index (κ2) is 7.34. The number of carbonyl (C=O) groups excluding carboxylic acids is 1. The molecule has 0 heterocycles. The fourth-order valence-electron chi connectivity index (χ4n) is 1.75. The number of hydrogen-bond acceptors (Lipinski definition) is 2. The van der Waals surface area contributed by atoms with Crippen LogP contribution in [0.1, 0.15) is 12.5 Å². The van der Waals surface area contributed by atoms with Crippen molar-refractivity contribution in [3.05, 3.63) is 64.1 Å². The molecule has 110 valence electrons. The van der Waals surface area contributed by atoms with Gasteiger partial charge in [0.1, 0.15) is 5.75 Å². The molecular formula is C16H15Cl2NO2. The molecule has 0 fully saturated rings. The topological polar surface area (TPSA) is 38.3 Å². The van der Waals surface area contributed by atoms with Crippen molar-refractivity contribution >= 4 is 29.1 Å². The largest absolute Gasteiger partial charge is 0.479 e. The van der Waals surface area contributed by atoms with E-state index >= 15 is 0 Å². The Kier molecular flexibility index (Phi) is 5.48. The molecular weight excluding hydrogens is 309 g/mol. The molecule has 0 aliphatic rings. The highest BCUT2D eigenvalue weighted by Gasteiger charge is 2.15. The second-order valence-electron chi connectivity index (χ2n) is 4.50. The van der Waals surface area contributed by atoms with Crippen LogP contribution in [-0.2, 0) is 11.3 Å². The number of rotatable bonds is 5. The number of ether oxygens (including phenoxy) is 1. The summed E-state index contributed by atoms with van der Waals surface area (Å²) in [7, 11) is 0. The Morgan fingerprint density at radius 1 is 1.10 bits per heavy atom. The van der Waals surface area contributed by atoms with Crippen molar-refractivity contribution in [3.63, 3.8) is 0 Å². The Bertz CT molecular complexity index is 631. The van der Waals surface area contributed by atoms with Gasteiger partial charge in [0.2, 0.25) is 0 Å². The Morgan fingerprint density at radius 2 is 1.71 bits per heavy atom. The maximum Gasteiger partial charge on any atom is 0.261 e. The molecule has 0 saturated carbocycles. The second-order valence-corrected chi connectivity index (χ2v) is 5.31. The van der Waals surface area contributed by atoms with Crippen molar-refractivity contribution < 1.29 is 9.53 Å². The highest BCUT2D eigenvalue weighted by atomic mass is 35.5. The van der Waals surface area contributed by atoms with E-state index < -0.39 is 6.10 Å². The summed E-state index contributed by atoms with van der Waals surface area (Å²) in [6.45, 7) is 2.03. The van der Waals surface area contributed by atoms with Gasteiger partial charge in [-0.1, -0.05) is 53.5 Å². The van der Waals surface area contributed by atoms with E-state index in [-0.39, 0.29) is 5.91 Å². The van der Waals surface area contributed by atoms with Crippen LogP contribution in [-0.4, -0.2) is 12.0 Å². The molecule has 1 amide bonds. The molecule has 2 rings (SSSR count). The van der Waals surface area contributed by atoms with Crippen LogP contribution in [0.15, 0.2) is 48.5 Å². The predicted octanol–water partition coefficient (Wildman–Crippen LogP) is 4.08. The van der Waals surface area contributed by atoms with Crippen LogP contribution in [0, 0.1) is 0 Å². The minimum atomic E-state index is -0.646. The van der Waals surface area contributed by atoms with E-state index in [4.69, 9.17) is 27.9 Å². The van der Waals surface area contributed by atoms with Crippen molar-refractivity contribution in [1.82, 2.24) is 5.32 Å². The van der Waals surface area contributed by atoms with Gasteiger partial charge in [0, 0.05) is 11.6 Å². The third-order valence-corrected chi connectivity index (χ3v) is 3.60. The molecule has 1 N–H and O–H groups in total. The van der Waals surface area contributed by atoms with Crippen molar-refractivity contribution in [1.29, 1.82) is 0 Å². The zero-order valence-corrected chi connectivity index (χ0v) is 13.0. The highest BCUT2D eigenvalue weighted by Crippen LogP contribution is 2.24. The minimum absolute atomic E-state index is 0.227. The Labute approximate surface area is 133 Å². The average molecular weight is 324 g/mol. The monoisotopic (exact) mass is 323 g/mol. The van der Waals surface area contributed by atoms with Gasteiger partial charge in [0.15, 0.2) is 6.10 Å². The van der Waals surface area contributed by atoms with E-state index in [0.717, 1.165) is 5.56 Å². The number of para-hydroxylation sites is 1. The van der Waals surface area contributed by atoms with Crippen LogP contribution in [0.25, 0.3) is 0 Å². The SMILES string of the molecule is CC(Oc1ccccc1Cl)C(=O)NCc1ccccc1Cl. The van der Waals surface area contributed by atoms with Crippen molar-refractivity contribution in [2.75, 3.05) is 0 Å². The maximum atomic E-state index is 12.0. The first kappa shape index (κ1) is 15.7. The summed E-state index contributed by atoms with van der Waals surface area (Å²) in [5.41, 5.74) is 0.859. The third kappa shape index (κ3) is 4.38. The van der Waals surface area contributed by atoms with Crippen molar-refractivity contribution in [3.8, 4) is 5.75 Å². The average Bonchev–Trinajstić information content (AvgIpc) is 2.48. The van der Waals surface area contributed by atoms with Gasteiger partial charge in [-0.15, -0.1) is 0 Å². The fourth-order valence-corrected chi connectivity index (χ4v) is 2.13. The van der Waals surface area contributed by atoms with Crippen LogP contribution in [0.4, 0.5) is 0 Å². The molecule has 1 atom stereocenters. The Hall–Kier alpha value is -1.71. The summed E-state index contributed by atoms with van der Waals surface area (Å²) >= 11 is 12.0. The lowest BCUT2D eigenvalue weighted by Crippen LogP contribution is -2.36. The van der Waals surface area contributed by atoms with Gasteiger partial charge in [-0.3, -0.25) is 4.79 Å². The van der Waals surface area contributed by atoms with Gasteiger partial charge in [-0.25, -0.2) is 0 Å². The number of hydrogen-bond donors (Lipinski definition) is 1. The van der Waals surface area contributed by atoms with Crippen molar-refractivity contribution in [2.45, 2.75) is 19.6 Å². The van der Waals surface area contributed by atoms with Crippen LogP contribution in [0.3, 0.4) is 0 Å². The molecule has 2 aromatic carbocycles. The summed E-state index contributed by atoms with van der Waals surface area (Å²) in [4.78, 5) is 12.0. The predicted molar refractivity (Wildman–Crippen MR) is 84.8 cm³/mol. The fraction of sp³-hybridized carbons (Fsp3) is 0.188. The first-order valence-corrected chi connectivity index (χ1v) is 7.26. The van der Waals surface area contributed by atoms with Gasteiger partial charge < -0.3 is 10.1 Å². The van der Waals surface area contributed by atoms with Crippen LogP contribution < -0.4 is 10.1 Å². The first-order valence-electron chi connectivity index (χ1n) is 6.50. The molecule has 0 aliphatic heterocycles. The lowest BCUT2D eigenvalue weighted by Gasteiger charge is -2.15. The molecule has 0 saturated heterocycles. The molecule has 21 heavy (non-hydrogen) atoms. The van der Waals surface area contributed by atoms with Crippen LogP contribution in [0.5, 0.6) is 5.75 Å². The lowest BCUT2D eigenvalue weighted by molar-refractivity contribution is -0.127. The van der Waals surface area contributed by atoms with Crippen LogP contribution >= 0.6 is 23.2 Å². The molecule has 0 aromatic heterocycles. The number of carbonyl (C=O) groups is 1. The van der Waals surface area contributed by atoms with Gasteiger partial charge in [-0.05, 0) is 30.7 Å². The maximum absolute atomic E-state index is 12.0. The number of halogens is 2. The number of nitrogens with one attached hydrogen (secondary N) is 1. The Balaban J connectivity index is 1.91. The molecule has 5 heteroatoms. The first-order chi connectivity index (χ1) is 10.1. The standard InChI is InChI=1S/C16H15Cl2NO2/c1-11(21-15-9-5-4-8-14(15)18)16(20)19-10-12-6-2-3-7-13(12)17/h2-9,11H,10H2,1H3,(H,19,20). The number of benzene rings is 2. The quantitative estimate of drug-likeness (QED) is 0.900. The van der Waals surface area contributed by atoms with Crippen LogP contribution in [0.2, 0.25) is 10.0 Å². The van der Waals surface area contributed by atoms with E-state index in [2.05, 4.69) is 5.32 Å². The van der Waals surface area contributed by atoms with E-state index in [1.54, 1.807) is 37.3 Å². The van der Waals surface area contributed by atoms with E-state index in [0.29, 0.717) is 22.3 Å². The van der Waals surface area contributed by atoms with Gasteiger partial charge in [0.05, 0.1) is 5.02 Å². The number of amides is 1. The van der Waals surface area contributed by atoms with Gasteiger partial charge >= 0.3 is 0 Å². The summed E-state index contributed by atoms with van der Waals surface area (Å²) in [6, 6.07) is 14.4. The Morgan fingerprint density at radius 3 is 2.38 bits per heavy atom. The molecule has 3 nitrogen and oxygen atoms in total. The minimum Gasteiger partial charge on any atom is -0.479 e. The normalized spacial score (nSPS) is 11.8. The van der Waals surface area contributed by atoms with Gasteiger partial charge in [-0.2, -0.15) is 0 Å². The summed E-state index contributed by atoms with van der Waals surface area (Å²) < 4.78 is 5.55. The highest BCUT2D eigenvalue weighted by molar-refractivity contribution is 6.32. The van der Waals surface area contributed by atoms with E-state index in [9.17, 15) is 4.79 Å². The van der Waals surface area contributed by atoms with E-state index in [1.165, 1.54) is 0 Å². The van der Waals surface area contributed by atoms with Crippen molar-refractivity contribution in [2.24, 2.45) is 0 Å². The smallest absolute Gasteiger partial charge is 0.261 e. The third-order valence-electron chi connectivity index (χ3n) is 2.92. The molecule has 0 aliphatic carbocycles. The van der Waals surface area contributed by atoms with Gasteiger partial charge in [0.25, 0.3) is 5.91 Å². The summed E-state index contributed by atoms with van der Waals surface area (Å²) in [6.07, 6.45) is -0.646. The zero-order valence-electron chi connectivity index (χ0n) is 11.5. The molecule has 0 bridgehead atoms. The molecule has 2 aromatic rings. The zero-order chi connectivity index (χ0) is 15.2. The molecule has 0 radical (unpaired) electrons.